The minimum Gasteiger partial charge on any atom is -0.497 e. The maximum absolute atomic E-state index is 13.4. The minimum atomic E-state index is -4.78. The van der Waals surface area contributed by atoms with Crippen LogP contribution in [0.1, 0.15) is 17.0 Å². The van der Waals surface area contributed by atoms with E-state index in [1.165, 1.54) is 55.6 Å². The van der Waals surface area contributed by atoms with Gasteiger partial charge in [0.25, 0.3) is 0 Å². The Balaban J connectivity index is 1.71. The summed E-state index contributed by atoms with van der Waals surface area (Å²) in [4.78, 5) is 3.25. The maximum atomic E-state index is 13.4. The normalized spacial score (nSPS) is 12.5. The average molecular weight is 470 g/mol. The molecule has 0 spiro atoms. The van der Waals surface area contributed by atoms with Gasteiger partial charge in [-0.25, -0.2) is 0 Å². The molecule has 3 rings (SSSR count). The second kappa shape index (κ2) is 9.35. The van der Waals surface area contributed by atoms with Crippen LogP contribution in [0.15, 0.2) is 64.8 Å². The van der Waals surface area contributed by atoms with Crippen molar-refractivity contribution in [3.63, 3.8) is 0 Å². The summed E-state index contributed by atoms with van der Waals surface area (Å²) in [5.41, 5.74) is -0.608. The van der Waals surface area contributed by atoms with Gasteiger partial charge in [-0.15, -0.1) is 0 Å². The Bertz CT molecular complexity index is 1130. The van der Waals surface area contributed by atoms with Crippen molar-refractivity contribution in [1.29, 1.82) is 5.41 Å². The van der Waals surface area contributed by atoms with E-state index in [1.54, 1.807) is 0 Å². The van der Waals surface area contributed by atoms with Crippen LogP contribution in [0.25, 0.3) is 11.4 Å². The van der Waals surface area contributed by atoms with Crippen molar-refractivity contribution in [3.8, 4) is 17.1 Å². The summed E-state index contributed by atoms with van der Waals surface area (Å²) in [6, 6.07) is 11.5. The lowest BCUT2D eigenvalue weighted by molar-refractivity contribution is -0.159. The average Bonchev–Trinajstić information content (AvgIpc) is 3.27. The number of hydrogen-bond donors (Lipinski definition) is 2. The molecule has 12 heteroatoms. The van der Waals surface area contributed by atoms with Gasteiger partial charge in [-0.3, -0.25) is 0 Å². The molecule has 2 N–H and O–H groups in total. The van der Waals surface area contributed by atoms with Crippen molar-refractivity contribution in [2.45, 2.75) is 18.9 Å². The Morgan fingerprint density at radius 1 is 1.03 bits per heavy atom. The number of halogens is 6. The van der Waals surface area contributed by atoms with Crippen LogP contribution < -0.4 is 10.1 Å². The zero-order valence-electron chi connectivity index (χ0n) is 16.9. The van der Waals surface area contributed by atoms with Gasteiger partial charge in [-0.2, -0.15) is 31.3 Å². The van der Waals surface area contributed by atoms with Gasteiger partial charge in [0, 0.05) is 12.1 Å². The van der Waals surface area contributed by atoms with Crippen LogP contribution in [0.5, 0.6) is 5.75 Å². The van der Waals surface area contributed by atoms with Crippen LogP contribution in [-0.4, -0.2) is 29.1 Å². The van der Waals surface area contributed by atoms with Crippen molar-refractivity contribution in [3.05, 3.63) is 77.3 Å². The predicted molar refractivity (Wildman–Crippen MR) is 106 cm³/mol. The molecule has 6 nitrogen and oxygen atoms in total. The monoisotopic (exact) mass is 470 g/mol. The van der Waals surface area contributed by atoms with E-state index in [9.17, 15) is 26.3 Å². The number of nitrogens with one attached hydrogen (secondary N) is 2. The molecule has 3 aromatic rings. The third kappa shape index (κ3) is 6.11. The van der Waals surface area contributed by atoms with Gasteiger partial charge in [0.1, 0.15) is 11.4 Å². The first kappa shape index (κ1) is 23.8. The Morgan fingerprint density at radius 3 is 2.18 bits per heavy atom. The second-order valence-electron chi connectivity index (χ2n) is 6.67. The standard InChI is InChI=1S/C21H16F6N4O2/c1-32-15-8-6-13(7-9-15)16(28)10-17(20(22,23)24)29-11-12-2-4-14(5-3-12)18-30-19(33-31-18)21(25,26)27/h2-10,28-29H,11H2,1H3/b17-10-,28-16?. The van der Waals surface area contributed by atoms with Gasteiger partial charge in [0.15, 0.2) is 0 Å². The summed E-state index contributed by atoms with van der Waals surface area (Å²) >= 11 is 0. The third-order valence-electron chi connectivity index (χ3n) is 4.36. The van der Waals surface area contributed by atoms with E-state index in [0.29, 0.717) is 17.4 Å². The lowest BCUT2D eigenvalue weighted by Crippen LogP contribution is -2.27. The van der Waals surface area contributed by atoms with Crippen molar-refractivity contribution in [1.82, 2.24) is 15.5 Å². The fourth-order valence-corrected chi connectivity index (χ4v) is 2.66. The van der Waals surface area contributed by atoms with Gasteiger partial charge in [0.05, 0.1) is 12.8 Å². The molecule has 33 heavy (non-hydrogen) atoms. The fourth-order valence-electron chi connectivity index (χ4n) is 2.66. The highest BCUT2D eigenvalue weighted by Crippen LogP contribution is 2.29. The van der Waals surface area contributed by atoms with Gasteiger partial charge >= 0.3 is 18.2 Å². The molecular weight excluding hydrogens is 454 g/mol. The molecule has 1 aromatic heterocycles. The molecule has 0 atom stereocenters. The third-order valence-corrected chi connectivity index (χ3v) is 4.36. The molecule has 0 bridgehead atoms. The smallest absolute Gasteiger partial charge is 0.471 e. The van der Waals surface area contributed by atoms with Crippen molar-refractivity contribution < 1.29 is 35.6 Å². The predicted octanol–water partition coefficient (Wildman–Crippen LogP) is 5.37. The first-order chi connectivity index (χ1) is 15.5. The quantitative estimate of drug-likeness (QED) is 0.359. The van der Waals surface area contributed by atoms with Gasteiger partial charge in [0.2, 0.25) is 5.82 Å². The van der Waals surface area contributed by atoms with E-state index < -0.39 is 23.9 Å². The second-order valence-corrected chi connectivity index (χ2v) is 6.67. The highest BCUT2D eigenvalue weighted by Gasteiger charge is 2.38. The van der Waals surface area contributed by atoms with E-state index in [2.05, 4.69) is 20.0 Å². The number of hydrogen-bond acceptors (Lipinski definition) is 6. The van der Waals surface area contributed by atoms with E-state index in [-0.39, 0.29) is 29.2 Å². The molecule has 0 radical (unpaired) electrons. The number of allylic oxidation sites excluding steroid dienone is 2. The van der Waals surface area contributed by atoms with Crippen LogP contribution in [0.3, 0.4) is 0 Å². The van der Waals surface area contributed by atoms with E-state index in [4.69, 9.17) is 10.1 Å². The first-order valence-electron chi connectivity index (χ1n) is 9.23. The largest absolute Gasteiger partial charge is 0.497 e. The molecule has 174 valence electrons. The van der Waals surface area contributed by atoms with E-state index in [1.807, 2.05) is 0 Å². The van der Waals surface area contributed by atoms with Crippen LogP contribution in [0.2, 0.25) is 0 Å². The fraction of sp³-hybridized carbons (Fsp3) is 0.190. The molecule has 0 aliphatic rings. The molecule has 0 amide bonds. The van der Waals surface area contributed by atoms with E-state index >= 15 is 0 Å². The summed E-state index contributed by atoms with van der Waals surface area (Å²) in [5, 5.41) is 13.5. The van der Waals surface area contributed by atoms with Gasteiger partial charge in [-0.05, 0) is 41.5 Å². The molecule has 0 aliphatic carbocycles. The maximum Gasteiger partial charge on any atom is 0.471 e. The number of nitrogens with zero attached hydrogens (tertiary/aromatic N) is 2. The number of ether oxygens (including phenoxy) is 1. The topological polar surface area (TPSA) is 84.0 Å². The van der Waals surface area contributed by atoms with Crippen molar-refractivity contribution >= 4 is 5.71 Å². The van der Waals surface area contributed by atoms with Crippen molar-refractivity contribution in [2.24, 2.45) is 0 Å². The molecule has 0 saturated heterocycles. The lowest BCUT2D eigenvalue weighted by Gasteiger charge is -2.15. The highest BCUT2D eigenvalue weighted by atomic mass is 19.4. The van der Waals surface area contributed by atoms with Crippen LogP contribution in [0.4, 0.5) is 26.3 Å². The molecule has 0 aliphatic heterocycles. The SMILES string of the molecule is COc1ccc(C(=N)/C=C(\NCc2ccc(-c3noc(C(F)(F)F)n3)cc2)C(F)(F)F)cc1. The number of methoxy groups -OCH3 is 1. The highest BCUT2D eigenvalue weighted by molar-refractivity contribution is 6.07. The van der Waals surface area contributed by atoms with E-state index in [0.717, 1.165) is 0 Å². The Hall–Kier alpha value is -3.83. The van der Waals surface area contributed by atoms with Crippen LogP contribution in [0, 0.1) is 5.41 Å². The Kier molecular flexibility index (Phi) is 6.75. The zero-order chi connectivity index (χ0) is 24.2. The number of alkyl halides is 6. The molecule has 0 fully saturated rings. The van der Waals surface area contributed by atoms with Crippen LogP contribution >= 0.6 is 0 Å². The summed E-state index contributed by atoms with van der Waals surface area (Å²) in [5.74, 6) is -1.29. The lowest BCUT2D eigenvalue weighted by atomic mass is 10.1. The molecule has 0 saturated carbocycles. The molecular formula is C21H16F6N4O2. The Labute approximate surface area is 183 Å². The number of aromatic nitrogens is 2. The number of rotatable bonds is 7. The molecule has 0 unspecified atom stereocenters. The molecule has 1 heterocycles. The van der Waals surface area contributed by atoms with Gasteiger partial charge in [-0.1, -0.05) is 29.4 Å². The summed E-state index contributed by atoms with van der Waals surface area (Å²) in [6.07, 6.45) is -8.85. The van der Waals surface area contributed by atoms with Crippen LogP contribution in [-0.2, 0) is 12.7 Å². The summed E-state index contributed by atoms with van der Waals surface area (Å²) in [7, 11) is 1.44. The summed E-state index contributed by atoms with van der Waals surface area (Å²) < 4.78 is 87.1. The summed E-state index contributed by atoms with van der Waals surface area (Å²) in [6.45, 7) is -0.248. The number of benzene rings is 2. The molecule has 2 aromatic carbocycles. The Morgan fingerprint density at radius 2 is 1.67 bits per heavy atom. The van der Waals surface area contributed by atoms with Crippen molar-refractivity contribution in [2.75, 3.05) is 7.11 Å². The van der Waals surface area contributed by atoms with Gasteiger partial charge < -0.3 is 20.0 Å². The first-order valence-corrected chi connectivity index (χ1v) is 9.23. The minimum absolute atomic E-state index is 0.200. The zero-order valence-corrected chi connectivity index (χ0v) is 16.9.